The van der Waals surface area contributed by atoms with E-state index in [1.54, 1.807) is 24.3 Å². The number of hydrogen-bond donors (Lipinski definition) is 2. The Hall–Kier alpha value is -2.54. The maximum atomic E-state index is 13.7. The topological polar surface area (TPSA) is 58.2 Å². The molecule has 0 saturated heterocycles. The average Bonchev–Trinajstić information content (AvgIpc) is 2.61. The molecule has 0 aliphatic heterocycles. The van der Waals surface area contributed by atoms with Crippen LogP contribution in [0.2, 0.25) is 5.02 Å². The lowest BCUT2D eigenvalue weighted by Crippen LogP contribution is -2.45. The van der Waals surface area contributed by atoms with E-state index in [0.717, 1.165) is 6.07 Å². The van der Waals surface area contributed by atoms with Gasteiger partial charge < -0.3 is 10.6 Å². The van der Waals surface area contributed by atoms with Crippen LogP contribution >= 0.6 is 11.6 Å². The Kier molecular flexibility index (Phi) is 5.92. The molecular weight excluding hydrogens is 369 g/mol. The van der Waals surface area contributed by atoms with Crippen molar-refractivity contribution in [2.45, 2.75) is 20.4 Å². The molecule has 138 valence electrons. The summed E-state index contributed by atoms with van der Waals surface area (Å²) in [5, 5.41) is 5.13. The highest BCUT2D eigenvalue weighted by atomic mass is 35.5. The minimum absolute atomic E-state index is 0.0920. The summed E-state index contributed by atoms with van der Waals surface area (Å²) in [6.07, 6.45) is 0. The molecule has 0 atom stereocenters. The summed E-state index contributed by atoms with van der Waals surface area (Å²) < 4.78 is 39.9. The van der Waals surface area contributed by atoms with Crippen molar-refractivity contribution in [1.29, 1.82) is 0 Å². The smallest absolute Gasteiger partial charge is 0.239 e. The highest BCUT2D eigenvalue weighted by Gasteiger charge is 2.36. The molecule has 0 saturated carbocycles. The summed E-state index contributed by atoms with van der Waals surface area (Å²) in [6.45, 7) is 2.73. The van der Waals surface area contributed by atoms with Crippen LogP contribution in [0.5, 0.6) is 0 Å². The van der Waals surface area contributed by atoms with Gasteiger partial charge in [-0.1, -0.05) is 29.8 Å². The molecule has 4 nitrogen and oxygen atoms in total. The third-order valence-corrected chi connectivity index (χ3v) is 4.18. The first kappa shape index (κ1) is 19.8. The van der Waals surface area contributed by atoms with Gasteiger partial charge in [0.1, 0.15) is 5.41 Å². The second kappa shape index (κ2) is 7.78. The number of halogens is 4. The molecule has 0 spiro atoms. The first-order valence-corrected chi connectivity index (χ1v) is 7.99. The zero-order valence-corrected chi connectivity index (χ0v) is 14.8. The maximum absolute atomic E-state index is 13.7. The van der Waals surface area contributed by atoms with Gasteiger partial charge in [-0.15, -0.1) is 0 Å². The summed E-state index contributed by atoms with van der Waals surface area (Å²) in [5.74, 6) is -6.14. The molecule has 0 aromatic heterocycles. The summed E-state index contributed by atoms with van der Waals surface area (Å²) >= 11 is 6.00. The Morgan fingerprint density at radius 1 is 1.00 bits per heavy atom. The monoisotopic (exact) mass is 384 g/mol. The Balaban J connectivity index is 2.08. The third kappa shape index (κ3) is 4.16. The summed E-state index contributed by atoms with van der Waals surface area (Å²) in [4.78, 5) is 24.7. The Bertz CT molecular complexity index is 856. The van der Waals surface area contributed by atoms with Crippen molar-refractivity contribution >= 4 is 29.1 Å². The minimum Gasteiger partial charge on any atom is -0.351 e. The lowest BCUT2D eigenvalue weighted by atomic mass is 9.90. The van der Waals surface area contributed by atoms with Crippen LogP contribution in [-0.4, -0.2) is 11.8 Å². The predicted octanol–water partition coefficient (Wildman–Crippen LogP) is 4.04. The zero-order valence-electron chi connectivity index (χ0n) is 14.0. The molecule has 26 heavy (non-hydrogen) atoms. The van der Waals surface area contributed by atoms with Crippen LogP contribution in [0.15, 0.2) is 36.4 Å². The van der Waals surface area contributed by atoms with Gasteiger partial charge in [0.25, 0.3) is 0 Å². The van der Waals surface area contributed by atoms with Crippen molar-refractivity contribution in [3.05, 3.63) is 64.4 Å². The molecular formula is C18H16ClF3N2O2. The Labute approximate surface area is 153 Å². The van der Waals surface area contributed by atoms with Gasteiger partial charge in [0.15, 0.2) is 17.5 Å². The molecule has 2 rings (SSSR count). The van der Waals surface area contributed by atoms with E-state index in [1.807, 2.05) is 0 Å². The standard InChI is InChI=1S/C18H16ClF3N2O2/c1-18(2,16(25)23-9-10-5-3-4-6-11(10)19)17(26)24-13-8-7-12(20)14(21)15(13)22/h3-8H,9H2,1-2H3,(H,23,25)(H,24,26). The van der Waals surface area contributed by atoms with Gasteiger partial charge in [-0.25, -0.2) is 13.2 Å². The molecule has 0 aliphatic rings. The summed E-state index contributed by atoms with van der Waals surface area (Å²) in [6, 6.07) is 8.42. The van der Waals surface area contributed by atoms with Crippen LogP contribution in [-0.2, 0) is 16.1 Å². The van der Waals surface area contributed by atoms with Crippen LogP contribution < -0.4 is 10.6 Å². The van der Waals surface area contributed by atoms with E-state index >= 15 is 0 Å². The van der Waals surface area contributed by atoms with Crippen molar-refractivity contribution in [1.82, 2.24) is 5.32 Å². The van der Waals surface area contributed by atoms with Crippen molar-refractivity contribution in [2.24, 2.45) is 5.41 Å². The second-order valence-corrected chi connectivity index (χ2v) is 6.48. The first-order chi connectivity index (χ1) is 12.1. The third-order valence-electron chi connectivity index (χ3n) is 3.82. The van der Waals surface area contributed by atoms with Crippen molar-refractivity contribution in [3.8, 4) is 0 Å². The van der Waals surface area contributed by atoms with E-state index in [2.05, 4.69) is 10.6 Å². The minimum atomic E-state index is -1.70. The number of nitrogens with one attached hydrogen (secondary N) is 2. The highest BCUT2D eigenvalue weighted by Crippen LogP contribution is 2.24. The Morgan fingerprint density at radius 3 is 2.31 bits per heavy atom. The number of benzene rings is 2. The van der Waals surface area contributed by atoms with Gasteiger partial charge in [0.2, 0.25) is 11.8 Å². The van der Waals surface area contributed by atoms with Gasteiger partial charge in [-0.2, -0.15) is 0 Å². The highest BCUT2D eigenvalue weighted by molar-refractivity contribution is 6.31. The van der Waals surface area contributed by atoms with E-state index in [1.165, 1.54) is 13.8 Å². The lowest BCUT2D eigenvalue weighted by molar-refractivity contribution is -0.138. The second-order valence-electron chi connectivity index (χ2n) is 6.08. The average molecular weight is 385 g/mol. The number of carbonyl (C=O) groups is 2. The molecule has 0 heterocycles. The van der Waals surface area contributed by atoms with Crippen LogP contribution in [0.4, 0.5) is 18.9 Å². The van der Waals surface area contributed by atoms with Gasteiger partial charge in [0, 0.05) is 11.6 Å². The fraction of sp³-hybridized carbons (Fsp3) is 0.222. The predicted molar refractivity (Wildman–Crippen MR) is 92.0 cm³/mol. The van der Waals surface area contributed by atoms with Crippen molar-refractivity contribution < 1.29 is 22.8 Å². The van der Waals surface area contributed by atoms with Crippen LogP contribution in [0.25, 0.3) is 0 Å². The van der Waals surface area contributed by atoms with E-state index < -0.39 is 40.4 Å². The molecule has 0 fully saturated rings. The zero-order chi connectivity index (χ0) is 19.5. The normalized spacial score (nSPS) is 11.2. The SMILES string of the molecule is CC(C)(C(=O)NCc1ccccc1Cl)C(=O)Nc1ccc(F)c(F)c1F. The molecule has 0 bridgehead atoms. The molecule has 0 radical (unpaired) electrons. The summed E-state index contributed by atoms with van der Waals surface area (Å²) in [7, 11) is 0. The lowest BCUT2D eigenvalue weighted by Gasteiger charge is -2.23. The van der Waals surface area contributed by atoms with Crippen LogP contribution in [0.1, 0.15) is 19.4 Å². The van der Waals surface area contributed by atoms with E-state index in [-0.39, 0.29) is 6.54 Å². The van der Waals surface area contributed by atoms with E-state index in [9.17, 15) is 22.8 Å². The fourth-order valence-electron chi connectivity index (χ4n) is 2.04. The quantitative estimate of drug-likeness (QED) is 0.604. The molecule has 0 unspecified atom stereocenters. The number of anilines is 1. The summed E-state index contributed by atoms with van der Waals surface area (Å²) in [5.41, 5.74) is -1.50. The van der Waals surface area contributed by atoms with Gasteiger partial charge in [-0.3, -0.25) is 9.59 Å². The van der Waals surface area contributed by atoms with E-state index in [0.29, 0.717) is 16.7 Å². The van der Waals surface area contributed by atoms with Crippen LogP contribution in [0.3, 0.4) is 0 Å². The van der Waals surface area contributed by atoms with Crippen molar-refractivity contribution in [3.63, 3.8) is 0 Å². The largest absolute Gasteiger partial charge is 0.351 e. The number of hydrogen-bond acceptors (Lipinski definition) is 2. The molecule has 2 aromatic rings. The fourth-order valence-corrected chi connectivity index (χ4v) is 2.24. The van der Waals surface area contributed by atoms with Gasteiger partial charge in [0.05, 0.1) is 5.69 Å². The molecule has 2 N–H and O–H groups in total. The number of carbonyl (C=O) groups excluding carboxylic acids is 2. The molecule has 8 heteroatoms. The van der Waals surface area contributed by atoms with Crippen LogP contribution in [0, 0.1) is 22.9 Å². The number of rotatable bonds is 5. The van der Waals surface area contributed by atoms with Gasteiger partial charge in [-0.05, 0) is 37.6 Å². The van der Waals surface area contributed by atoms with Crippen molar-refractivity contribution in [2.75, 3.05) is 5.32 Å². The number of amides is 2. The maximum Gasteiger partial charge on any atom is 0.239 e. The van der Waals surface area contributed by atoms with Gasteiger partial charge >= 0.3 is 0 Å². The van der Waals surface area contributed by atoms with E-state index in [4.69, 9.17) is 11.6 Å². The Morgan fingerprint density at radius 2 is 1.65 bits per heavy atom. The first-order valence-electron chi connectivity index (χ1n) is 7.61. The molecule has 2 aromatic carbocycles. The molecule has 2 amide bonds. The molecule has 0 aliphatic carbocycles.